The van der Waals surface area contributed by atoms with E-state index in [1.165, 1.54) is 0 Å². The van der Waals surface area contributed by atoms with Gasteiger partial charge >= 0.3 is 0 Å². The van der Waals surface area contributed by atoms with E-state index in [4.69, 9.17) is 10.2 Å². The van der Waals surface area contributed by atoms with Crippen LogP contribution in [0.4, 0.5) is 14.6 Å². The first-order valence-electron chi connectivity index (χ1n) is 3.46. The topological polar surface area (TPSA) is 64.9 Å². The minimum Gasteiger partial charge on any atom is -0.437 e. The molecule has 0 saturated carbocycles. The van der Waals surface area contributed by atoms with E-state index >= 15 is 0 Å². The molecule has 68 valence electrons. The Bertz CT molecular complexity index is 440. The number of furan rings is 1. The first-order chi connectivity index (χ1) is 6.18. The summed E-state index contributed by atoms with van der Waals surface area (Å²) in [6.45, 7) is 0. The van der Waals surface area contributed by atoms with Gasteiger partial charge in [0.25, 0.3) is 6.43 Å². The van der Waals surface area contributed by atoms with Crippen LogP contribution in [0.5, 0.6) is 0 Å². The highest BCUT2D eigenvalue weighted by molar-refractivity contribution is 5.84. The highest BCUT2D eigenvalue weighted by Crippen LogP contribution is 2.27. The number of rotatable bonds is 1. The van der Waals surface area contributed by atoms with Crippen molar-refractivity contribution in [2.45, 2.75) is 6.43 Å². The molecule has 0 aliphatic heterocycles. The first-order valence-corrected chi connectivity index (χ1v) is 3.46. The van der Waals surface area contributed by atoms with E-state index in [-0.39, 0.29) is 11.5 Å². The van der Waals surface area contributed by atoms with Gasteiger partial charge in [-0.2, -0.15) is 0 Å². The summed E-state index contributed by atoms with van der Waals surface area (Å²) in [5.41, 5.74) is 5.50. The Morgan fingerprint density at radius 2 is 2.15 bits per heavy atom. The van der Waals surface area contributed by atoms with Crippen molar-refractivity contribution >= 4 is 16.9 Å². The largest absolute Gasteiger partial charge is 0.437 e. The lowest BCUT2D eigenvalue weighted by atomic mass is 10.3. The lowest BCUT2D eigenvalue weighted by molar-refractivity contribution is 0.124. The number of hydrogen-bond donors (Lipinski definition) is 1. The number of nitrogens with two attached hydrogens (primary N) is 1. The maximum absolute atomic E-state index is 12.2. The summed E-state index contributed by atoms with van der Waals surface area (Å²) >= 11 is 0. The van der Waals surface area contributed by atoms with Gasteiger partial charge in [0.1, 0.15) is 12.1 Å². The number of nitrogen functional groups attached to an aromatic ring is 1. The van der Waals surface area contributed by atoms with Crippen LogP contribution in [0, 0.1) is 0 Å². The third-order valence-corrected chi connectivity index (χ3v) is 1.59. The molecule has 0 unspecified atom stereocenters. The van der Waals surface area contributed by atoms with Gasteiger partial charge in [0.15, 0.2) is 5.76 Å². The Labute approximate surface area is 71.4 Å². The van der Waals surface area contributed by atoms with Crippen molar-refractivity contribution in [3.8, 4) is 0 Å². The van der Waals surface area contributed by atoms with Crippen LogP contribution in [0.2, 0.25) is 0 Å². The van der Waals surface area contributed by atoms with E-state index in [1.807, 2.05) is 0 Å². The predicted molar refractivity (Wildman–Crippen MR) is 41.2 cm³/mol. The fourth-order valence-corrected chi connectivity index (χ4v) is 1.00. The molecule has 2 aromatic rings. The number of halogens is 2. The van der Waals surface area contributed by atoms with Crippen molar-refractivity contribution < 1.29 is 13.2 Å². The Kier molecular flexibility index (Phi) is 1.61. The van der Waals surface area contributed by atoms with Crippen LogP contribution in [0.15, 0.2) is 16.8 Å². The molecule has 2 rings (SSSR count). The van der Waals surface area contributed by atoms with E-state index in [0.717, 1.165) is 12.4 Å². The molecule has 0 saturated heterocycles. The molecular formula is C7H5F2N3O. The van der Waals surface area contributed by atoms with Gasteiger partial charge in [0.05, 0.1) is 5.39 Å². The van der Waals surface area contributed by atoms with Crippen LogP contribution >= 0.6 is 0 Å². The van der Waals surface area contributed by atoms with E-state index < -0.39 is 12.2 Å². The Morgan fingerprint density at radius 3 is 2.77 bits per heavy atom. The van der Waals surface area contributed by atoms with E-state index in [1.54, 1.807) is 0 Å². The minimum atomic E-state index is -2.66. The van der Waals surface area contributed by atoms with E-state index in [9.17, 15) is 8.78 Å². The number of nitrogens with zero attached hydrogens (tertiary/aromatic N) is 2. The highest BCUT2D eigenvalue weighted by Gasteiger charge is 2.15. The molecular weight excluding hydrogens is 180 g/mol. The molecule has 0 atom stereocenters. The van der Waals surface area contributed by atoms with Crippen molar-refractivity contribution in [1.82, 2.24) is 9.97 Å². The second kappa shape index (κ2) is 2.65. The number of aromatic nitrogens is 2. The fourth-order valence-electron chi connectivity index (χ4n) is 1.00. The third-order valence-electron chi connectivity index (χ3n) is 1.59. The summed E-state index contributed by atoms with van der Waals surface area (Å²) in [5, 5.41) is 0.317. The van der Waals surface area contributed by atoms with Crippen LogP contribution in [-0.2, 0) is 0 Å². The van der Waals surface area contributed by atoms with Gasteiger partial charge in [-0.1, -0.05) is 0 Å². The lowest BCUT2D eigenvalue weighted by Gasteiger charge is -1.89. The zero-order chi connectivity index (χ0) is 9.42. The average molecular weight is 185 g/mol. The molecule has 0 aromatic carbocycles. The molecule has 0 spiro atoms. The molecule has 2 heterocycles. The van der Waals surface area contributed by atoms with Crippen molar-refractivity contribution in [2.24, 2.45) is 0 Å². The highest BCUT2D eigenvalue weighted by atomic mass is 19.3. The van der Waals surface area contributed by atoms with Gasteiger partial charge in [0, 0.05) is 0 Å². The zero-order valence-electron chi connectivity index (χ0n) is 6.37. The van der Waals surface area contributed by atoms with Gasteiger partial charge in [-0.3, -0.25) is 0 Å². The number of hydrogen-bond acceptors (Lipinski definition) is 4. The van der Waals surface area contributed by atoms with Crippen LogP contribution in [0.25, 0.3) is 11.1 Å². The van der Waals surface area contributed by atoms with Crippen LogP contribution in [-0.4, -0.2) is 9.97 Å². The molecule has 4 nitrogen and oxygen atoms in total. The van der Waals surface area contributed by atoms with Crippen molar-refractivity contribution in [1.29, 1.82) is 0 Å². The molecule has 0 bridgehead atoms. The second-order valence-electron chi connectivity index (χ2n) is 2.43. The molecule has 6 heteroatoms. The van der Waals surface area contributed by atoms with Crippen LogP contribution in [0.3, 0.4) is 0 Å². The lowest BCUT2D eigenvalue weighted by Crippen LogP contribution is -1.90. The molecule has 0 fully saturated rings. The van der Waals surface area contributed by atoms with Crippen LogP contribution < -0.4 is 5.73 Å². The maximum Gasteiger partial charge on any atom is 0.295 e. The standard InChI is InChI=1S/C7H5F2N3O/c8-5(9)4-1-3-6(10)11-2-12-7(3)13-4/h1-2,5H,(H2,10,11,12). The maximum atomic E-state index is 12.2. The Morgan fingerprint density at radius 1 is 1.38 bits per heavy atom. The SMILES string of the molecule is Nc1ncnc2oc(C(F)F)cc12. The average Bonchev–Trinajstić information content (AvgIpc) is 2.49. The number of anilines is 1. The van der Waals surface area contributed by atoms with Crippen LogP contribution in [0.1, 0.15) is 12.2 Å². The summed E-state index contributed by atoms with van der Waals surface area (Å²) in [7, 11) is 0. The Balaban J connectivity index is 2.68. The van der Waals surface area contributed by atoms with Crippen molar-refractivity contribution in [3.05, 3.63) is 18.2 Å². The summed E-state index contributed by atoms with van der Waals surface area (Å²) in [4.78, 5) is 7.30. The summed E-state index contributed by atoms with van der Waals surface area (Å²) in [6.07, 6.45) is -1.50. The van der Waals surface area contributed by atoms with Gasteiger partial charge in [-0.05, 0) is 6.07 Å². The smallest absolute Gasteiger partial charge is 0.295 e. The van der Waals surface area contributed by atoms with Gasteiger partial charge in [-0.15, -0.1) is 0 Å². The predicted octanol–water partition coefficient (Wildman–Crippen LogP) is 1.74. The third kappa shape index (κ3) is 1.20. The van der Waals surface area contributed by atoms with Gasteiger partial charge in [-0.25, -0.2) is 18.7 Å². The molecule has 0 aliphatic carbocycles. The normalized spacial score (nSPS) is 11.3. The number of alkyl halides is 2. The van der Waals surface area contributed by atoms with Crippen molar-refractivity contribution in [3.63, 3.8) is 0 Å². The molecule has 0 radical (unpaired) electrons. The molecule has 13 heavy (non-hydrogen) atoms. The van der Waals surface area contributed by atoms with Crippen molar-refractivity contribution in [2.75, 3.05) is 5.73 Å². The molecule has 0 amide bonds. The summed E-state index contributed by atoms with van der Waals surface area (Å²) in [6, 6.07) is 1.15. The minimum absolute atomic E-state index is 0.0859. The number of fused-ring (bicyclic) bond motifs is 1. The molecule has 0 aliphatic rings. The fraction of sp³-hybridized carbons (Fsp3) is 0.143. The first kappa shape index (κ1) is 7.90. The molecule has 2 N–H and O–H groups in total. The Hall–Kier alpha value is -1.72. The summed E-state index contributed by atoms with van der Waals surface area (Å²) < 4.78 is 29.0. The zero-order valence-corrected chi connectivity index (χ0v) is 6.37. The second-order valence-corrected chi connectivity index (χ2v) is 2.43. The molecule has 2 aromatic heterocycles. The van der Waals surface area contributed by atoms with Gasteiger partial charge < -0.3 is 10.2 Å². The van der Waals surface area contributed by atoms with E-state index in [0.29, 0.717) is 5.39 Å². The van der Waals surface area contributed by atoms with E-state index in [2.05, 4.69) is 9.97 Å². The quantitative estimate of drug-likeness (QED) is 0.734. The van der Waals surface area contributed by atoms with Gasteiger partial charge in [0.2, 0.25) is 5.71 Å². The summed E-state index contributed by atoms with van der Waals surface area (Å²) in [5.74, 6) is -0.303. The monoisotopic (exact) mass is 185 g/mol.